The van der Waals surface area contributed by atoms with Gasteiger partial charge in [0, 0.05) is 42.2 Å². The molecule has 7 nitrogen and oxygen atoms in total. The second-order valence-electron chi connectivity index (χ2n) is 11.9. The number of benzene rings is 4. The minimum absolute atomic E-state index is 0.559. The highest BCUT2D eigenvalue weighted by Crippen LogP contribution is 2.41. The van der Waals surface area contributed by atoms with E-state index in [1.807, 2.05) is 43.5 Å². The summed E-state index contributed by atoms with van der Waals surface area (Å²) in [7, 11) is 0. The maximum atomic E-state index is 5.63. The van der Waals surface area contributed by atoms with Gasteiger partial charge in [-0.25, -0.2) is 4.98 Å². The third-order valence-electron chi connectivity index (χ3n) is 9.02. The Morgan fingerprint density at radius 1 is 0.739 bits per heavy atom. The van der Waals surface area contributed by atoms with Crippen molar-refractivity contribution in [2.24, 2.45) is 5.92 Å². The van der Waals surface area contributed by atoms with Crippen molar-refractivity contribution in [1.82, 2.24) is 25.2 Å². The van der Waals surface area contributed by atoms with E-state index in [1.165, 1.54) is 18.5 Å². The number of ether oxygens (including phenoxy) is 1. The number of hydrogen-bond donors (Lipinski definition) is 0. The highest BCUT2D eigenvalue weighted by atomic mass is 16.5. The number of aromatic nitrogens is 5. The van der Waals surface area contributed by atoms with Crippen molar-refractivity contribution in [3.8, 4) is 28.4 Å². The van der Waals surface area contributed by atoms with Gasteiger partial charge >= 0.3 is 0 Å². The molecule has 6 aromatic rings. The lowest BCUT2D eigenvalue weighted by atomic mass is 9.77. The van der Waals surface area contributed by atoms with E-state index in [-0.39, 0.29) is 0 Å². The second-order valence-corrected chi connectivity index (χ2v) is 11.9. The topological polar surface area (TPSA) is 69.0 Å². The highest BCUT2D eigenvalue weighted by molar-refractivity contribution is 5.83. The lowest BCUT2D eigenvalue weighted by Crippen LogP contribution is -2.39. The van der Waals surface area contributed by atoms with E-state index in [1.54, 1.807) is 4.80 Å². The molecule has 1 fully saturated rings. The Morgan fingerprint density at radius 3 is 1.89 bits per heavy atom. The van der Waals surface area contributed by atoms with Crippen LogP contribution in [0.5, 0.6) is 5.88 Å². The summed E-state index contributed by atoms with van der Waals surface area (Å²) in [6, 6.07) is 41.9. The number of nitrogens with zero attached hydrogens (tertiary/aromatic N) is 6. The zero-order chi connectivity index (χ0) is 31.3. The Balaban J connectivity index is 1.42. The van der Waals surface area contributed by atoms with Crippen molar-refractivity contribution in [3.05, 3.63) is 144 Å². The number of rotatable bonds is 9. The summed E-state index contributed by atoms with van der Waals surface area (Å²) in [5.41, 5.74) is 6.33. The maximum Gasteiger partial charge on any atom is 0.213 e. The van der Waals surface area contributed by atoms with Crippen molar-refractivity contribution in [2.45, 2.75) is 32.2 Å². The molecule has 0 bridgehead atoms. The summed E-state index contributed by atoms with van der Waals surface area (Å²) in [4.78, 5) is 8.83. The number of tetrazole rings is 1. The normalized spacial score (nSPS) is 13.9. The average molecular weight is 607 g/mol. The molecule has 4 aromatic carbocycles. The predicted octanol–water partition coefficient (Wildman–Crippen LogP) is 7.88. The molecular weight excluding hydrogens is 568 g/mol. The molecule has 46 heavy (non-hydrogen) atoms. The van der Waals surface area contributed by atoms with E-state index >= 15 is 0 Å². The van der Waals surface area contributed by atoms with E-state index in [9.17, 15) is 0 Å². The van der Waals surface area contributed by atoms with E-state index in [0.717, 1.165) is 52.4 Å². The minimum Gasteiger partial charge on any atom is -0.478 e. The molecule has 230 valence electrons. The predicted molar refractivity (Wildman–Crippen MR) is 183 cm³/mol. The van der Waals surface area contributed by atoms with Gasteiger partial charge in [-0.05, 0) is 71.3 Å². The smallest absolute Gasteiger partial charge is 0.213 e. The first kappa shape index (κ1) is 29.4. The van der Waals surface area contributed by atoms with Gasteiger partial charge in [0.25, 0.3) is 0 Å². The molecule has 0 radical (unpaired) electrons. The van der Waals surface area contributed by atoms with E-state index in [4.69, 9.17) is 20.1 Å². The van der Waals surface area contributed by atoms with Crippen molar-refractivity contribution < 1.29 is 4.74 Å². The Bertz CT molecular complexity index is 1770. The molecule has 3 heterocycles. The molecule has 0 amide bonds. The Kier molecular flexibility index (Phi) is 8.30. The van der Waals surface area contributed by atoms with Gasteiger partial charge in [-0.2, -0.15) is 0 Å². The molecule has 0 saturated carbocycles. The number of anilines is 1. The lowest BCUT2D eigenvalue weighted by Gasteiger charge is -2.34. The molecular formula is C39H38N6O. The first-order chi connectivity index (χ1) is 22.7. The molecule has 1 aliphatic rings. The van der Waals surface area contributed by atoms with Gasteiger partial charge in [-0.3, -0.25) is 0 Å². The van der Waals surface area contributed by atoms with Crippen LogP contribution in [0.3, 0.4) is 0 Å². The highest BCUT2D eigenvalue weighted by Gasteiger charge is 2.41. The molecule has 0 aliphatic carbocycles. The van der Waals surface area contributed by atoms with Gasteiger partial charge in [0.15, 0.2) is 5.54 Å². The zero-order valence-corrected chi connectivity index (χ0v) is 26.3. The van der Waals surface area contributed by atoms with Crippen LogP contribution >= 0.6 is 0 Å². The van der Waals surface area contributed by atoms with E-state index < -0.39 is 5.54 Å². The van der Waals surface area contributed by atoms with Crippen LogP contribution in [0.15, 0.2) is 128 Å². The molecule has 7 heteroatoms. The largest absolute Gasteiger partial charge is 0.478 e. The monoisotopic (exact) mass is 606 g/mol. The minimum atomic E-state index is -0.851. The van der Waals surface area contributed by atoms with Gasteiger partial charge in [0.2, 0.25) is 11.7 Å². The van der Waals surface area contributed by atoms with Crippen LogP contribution in [-0.2, 0) is 5.54 Å². The van der Waals surface area contributed by atoms with Crippen LogP contribution in [-0.4, -0.2) is 44.9 Å². The SMILES string of the molecule is CCOc1ccc(-c2ccc(N3CCC(C)CC3)cc2-c2nnn(C(c3ccccc3)(c3ccccc3)c3ccccc3)n2)cn1. The fraction of sp³-hybridized carbons (Fsp3) is 0.231. The van der Waals surface area contributed by atoms with Gasteiger partial charge < -0.3 is 9.64 Å². The molecule has 0 atom stereocenters. The van der Waals surface area contributed by atoms with E-state index in [0.29, 0.717) is 18.3 Å². The fourth-order valence-electron chi connectivity index (χ4n) is 6.55. The van der Waals surface area contributed by atoms with Crippen molar-refractivity contribution in [2.75, 3.05) is 24.6 Å². The van der Waals surface area contributed by atoms with E-state index in [2.05, 4.69) is 108 Å². The number of pyridine rings is 1. The Hall–Kier alpha value is -5.30. The summed E-state index contributed by atoms with van der Waals surface area (Å²) in [6.07, 6.45) is 4.23. The second kappa shape index (κ2) is 13.0. The molecule has 1 aliphatic heterocycles. The Labute approximate surface area is 270 Å². The number of hydrogen-bond acceptors (Lipinski definition) is 6. The summed E-state index contributed by atoms with van der Waals surface area (Å²) >= 11 is 0. The molecule has 0 N–H and O–H groups in total. The molecule has 7 rings (SSSR count). The number of piperidine rings is 1. The first-order valence-electron chi connectivity index (χ1n) is 16.1. The average Bonchev–Trinajstić information content (AvgIpc) is 3.61. The van der Waals surface area contributed by atoms with Gasteiger partial charge in [0.05, 0.1) is 6.61 Å². The van der Waals surface area contributed by atoms with Crippen LogP contribution in [0.25, 0.3) is 22.5 Å². The summed E-state index contributed by atoms with van der Waals surface area (Å²) in [5.74, 6) is 1.91. The third-order valence-corrected chi connectivity index (χ3v) is 9.02. The standard InChI is InChI=1S/C39H38N6O/c1-3-46-37-22-19-30(28-40-37)35-21-20-34(44-25-23-29(2)24-26-44)27-36(35)38-41-43-45(42-38)39(31-13-7-4-8-14-31,32-15-9-5-10-16-32)33-17-11-6-12-18-33/h4-22,27-29H,3,23-26H2,1-2H3. The quantitative estimate of drug-likeness (QED) is 0.156. The Morgan fingerprint density at radius 2 is 1.35 bits per heavy atom. The first-order valence-corrected chi connectivity index (χ1v) is 16.1. The summed E-state index contributed by atoms with van der Waals surface area (Å²) in [6.45, 7) is 6.93. The molecule has 0 unspecified atom stereocenters. The maximum absolute atomic E-state index is 5.63. The molecule has 2 aromatic heterocycles. The van der Waals surface area contributed by atoms with Crippen LogP contribution in [0.2, 0.25) is 0 Å². The van der Waals surface area contributed by atoms with Crippen LogP contribution < -0.4 is 9.64 Å². The third kappa shape index (κ3) is 5.53. The summed E-state index contributed by atoms with van der Waals surface area (Å²) < 4.78 is 5.63. The van der Waals surface area contributed by atoms with Gasteiger partial charge in [-0.1, -0.05) is 104 Å². The van der Waals surface area contributed by atoms with Crippen molar-refractivity contribution >= 4 is 5.69 Å². The molecule has 1 saturated heterocycles. The lowest BCUT2D eigenvalue weighted by molar-refractivity contribution is 0.327. The van der Waals surface area contributed by atoms with Crippen LogP contribution in [0, 0.1) is 5.92 Å². The fourth-order valence-corrected chi connectivity index (χ4v) is 6.55. The summed E-state index contributed by atoms with van der Waals surface area (Å²) in [5, 5.41) is 14.9. The van der Waals surface area contributed by atoms with Crippen molar-refractivity contribution in [1.29, 1.82) is 0 Å². The van der Waals surface area contributed by atoms with Gasteiger partial charge in [-0.15, -0.1) is 15.0 Å². The van der Waals surface area contributed by atoms with Crippen LogP contribution in [0.4, 0.5) is 5.69 Å². The van der Waals surface area contributed by atoms with Gasteiger partial charge in [0.1, 0.15) is 0 Å². The molecule has 0 spiro atoms. The van der Waals surface area contributed by atoms with Crippen LogP contribution in [0.1, 0.15) is 43.4 Å². The zero-order valence-electron chi connectivity index (χ0n) is 26.3. The van der Waals surface area contributed by atoms with Crippen molar-refractivity contribution in [3.63, 3.8) is 0 Å².